The molecule has 2 bridgehead atoms. The topological polar surface area (TPSA) is 102 Å². The smallest absolute Gasteiger partial charge is 0.335 e. The molecular weight excluding hydrogens is 372 g/mol. The molecule has 2 saturated carbocycles. The molecule has 0 saturated heterocycles. The number of nitro benzene ring substituents is 1. The summed E-state index contributed by atoms with van der Waals surface area (Å²) in [5, 5.41) is 24.6. The molecule has 29 heavy (non-hydrogen) atoms. The number of benzene rings is 2. The molecule has 0 radical (unpaired) electrons. The molecule has 2 aromatic rings. The molecule has 0 unspecified atom stereocenters. The van der Waals surface area contributed by atoms with Gasteiger partial charge >= 0.3 is 5.97 Å². The van der Waals surface area contributed by atoms with E-state index in [1.54, 1.807) is 31.4 Å². The third kappa shape index (κ3) is 2.60. The second-order valence-corrected chi connectivity index (χ2v) is 8.32. The number of fused-ring (bicyclic) bond motifs is 7. The van der Waals surface area contributed by atoms with Crippen LogP contribution < -0.4 is 10.1 Å². The maximum atomic E-state index is 11.8. The van der Waals surface area contributed by atoms with Crippen LogP contribution >= 0.6 is 0 Å². The van der Waals surface area contributed by atoms with E-state index in [1.807, 2.05) is 12.1 Å². The van der Waals surface area contributed by atoms with Gasteiger partial charge < -0.3 is 15.2 Å². The molecule has 3 aliphatic rings. The SMILES string of the molecule is COc1ccc([N+](=O)[O-])c2c1N[C@H](c1ccc(C(=O)O)cc1)[C@@H]1[C@H]3CC[C@@H](C3)[C@H]21. The standard InChI is InChI=1S/C22H22N2O5/c1-29-16-9-8-15(24(27)28)19-17-13-6-7-14(10-13)18(17)20(23-21(16)19)11-2-4-12(5-3-11)22(25)26/h2-5,8-9,13-14,17-18,20,23H,6-7,10H2,1H3,(H,25,26)/t13-,14-,17-,18+,20+/m0/s1. The fourth-order valence-electron chi connectivity index (χ4n) is 6.04. The minimum absolute atomic E-state index is 0.0263. The number of hydrogen-bond acceptors (Lipinski definition) is 5. The highest BCUT2D eigenvalue weighted by molar-refractivity contribution is 5.87. The van der Waals surface area contributed by atoms with Crippen LogP contribution in [0, 0.1) is 27.9 Å². The van der Waals surface area contributed by atoms with Crippen molar-refractivity contribution < 1.29 is 19.6 Å². The van der Waals surface area contributed by atoms with E-state index in [9.17, 15) is 20.0 Å². The second kappa shape index (κ2) is 6.47. The molecule has 0 spiro atoms. The van der Waals surface area contributed by atoms with Crippen LogP contribution in [-0.4, -0.2) is 23.1 Å². The third-order valence-electron chi connectivity index (χ3n) is 7.12. The first kappa shape index (κ1) is 18.0. The number of rotatable bonds is 4. The van der Waals surface area contributed by atoms with Crippen LogP contribution in [0.15, 0.2) is 36.4 Å². The number of carboxylic acids is 1. The zero-order valence-corrected chi connectivity index (χ0v) is 16.0. The van der Waals surface area contributed by atoms with Gasteiger partial charge in [-0.1, -0.05) is 12.1 Å². The molecule has 1 aliphatic heterocycles. The van der Waals surface area contributed by atoms with E-state index in [2.05, 4.69) is 5.32 Å². The fraction of sp³-hybridized carbons (Fsp3) is 0.409. The van der Waals surface area contributed by atoms with Gasteiger partial charge in [0.15, 0.2) is 0 Å². The lowest BCUT2D eigenvalue weighted by molar-refractivity contribution is -0.385. The zero-order valence-electron chi connectivity index (χ0n) is 16.0. The second-order valence-electron chi connectivity index (χ2n) is 8.32. The van der Waals surface area contributed by atoms with Crippen molar-refractivity contribution in [1.29, 1.82) is 0 Å². The average Bonchev–Trinajstić information content (AvgIpc) is 3.34. The summed E-state index contributed by atoms with van der Waals surface area (Å²) in [7, 11) is 1.58. The number of aromatic carboxylic acids is 1. The minimum Gasteiger partial charge on any atom is -0.495 e. The van der Waals surface area contributed by atoms with Crippen LogP contribution in [0.1, 0.15) is 52.7 Å². The van der Waals surface area contributed by atoms with Gasteiger partial charge in [0.2, 0.25) is 0 Å². The van der Waals surface area contributed by atoms with Crippen LogP contribution in [0.3, 0.4) is 0 Å². The molecule has 2 aliphatic carbocycles. The Labute approximate surface area is 167 Å². The van der Waals surface area contributed by atoms with Gasteiger partial charge in [0.25, 0.3) is 5.69 Å². The number of carboxylic acid groups (broad SMARTS) is 1. The third-order valence-corrected chi connectivity index (χ3v) is 7.12. The first-order valence-electron chi connectivity index (χ1n) is 9.94. The Morgan fingerprint density at radius 3 is 2.55 bits per heavy atom. The van der Waals surface area contributed by atoms with Crippen LogP contribution in [0.4, 0.5) is 11.4 Å². The minimum atomic E-state index is -0.950. The molecular formula is C22H22N2O5. The Balaban J connectivity index is 1.66. The summed E-state index contributed by atoms with van der Waals surface area (Å²) in [4.78, 5) is 22.7. The van der Waals surface area contributed by atoms with Crippen LogP contribution in [0.2, 0.25) is 0 Å². The van der Waals surface area contributed by atoms with Gasteiger partial charge in [-0.15, -0.1) is 0 Å². The van der Waals surface area contributed by atoms with Crippen molar-refractivity contribution in [3.63, 3.8) is 0 Å². The zero-order chi connectivity index (χ0) is 20.3. The van der Waals surface area contributed by atoms with E-state index in [4.69, 9.17) is 4.74 Å². The van der Waals surface area contributed by atoms with E-state index < -0.39 is 5.97 Å². The van der Waals surface area contributed by atoms with Gasteiger partial charge in [-0.3, -0.25) is 10.1 Å². The monoisotopic (exact) mass is 394 g/mol. The summed E-state index contributed by atoms with van der Waals surface area (Å²) in [6.07, 6.45) is 3.34. The number of anilines is 1. The molecule has 150 valence electrons. The van der Waals surface area contributed by atoms with Gasteiger partial charge in [0.05, 0.1) is 34.9 Å². The Morgan fingerprint density at radius 1 is 1.17 bits per heavy atom. The fourth-order valence-corrected chi connectivity index (χ4v) is 6.04. The first-order valence-corrected chi connectivity index (χ1v) is 9.94. The van der Waals surface area contributed by atoms with Gasteiger partial charge in [-0.2, -0.15) is 0 Å². The van der Waals surface area contributed by atoms with Crippen LogP contribution in [-0.2, 0) is 0 Å². The van der Waals surface area contributed by atoms with E-state index in [1.165, 1.54) is 0 Å². The molecule has 7 heteroatoms. The van der Waals surface area contributed by atoms with E-state index >= 15 is 0 Å². The number of hydrogen-bond donors (Lipinski definition) is 2. The number of ether oxygens (including phenoxy) is 1. The quantitative estimate of drug-likeness (QED) is 0.580. The lowest BCUT2D eigenvalue weighted by atomic mass is 9.67. The average molecular weight is 394 g/mol. The molecule has 0 aromatic heterocycles. The summed E-state index contributed by atoms with van der Waals surface area (Å²) in [6.45, 7) is 0. The summed E-state index contributed by atoms with van der Waals surface area (Å²) in [6, 6.07) is 10.2. The van der Waals surface area contributed by atoms with E-state index in [0.717, 1.165) is 30.4 Å². The summed E-state index contributed by atoms with van der Waals surface area (Å²) >= 11 is 0. The normalized spacial score (nSPS) is 28.9. The summed E-state index contributed by atoms with van der Waals surface area (Å²) in [5.74, 6) is 0.984. The highest BCUT2D eigenvalue weighted by Crippen LogP contribution is 2.65. The molecule has 2 N–H and O–H groups in total. The van der Waals surface area contributed by atoms with Crippen molar-refractivity contribution >= 4 is 17.3 Å². The highest BCUT2D eigenvalue weighted by atomic mass is 16.6. The van der Waals surface area contributed by atoms with Crippen molar-refractivity contribution in [2.45, 2.75) is 31.2 Å². The van der Waals surface area contributed by atoms with Crippen molar-refractivity contribution in [3.8, 4) is 5.75 Å². The number of nitrogens with one attached hydrogen (secondary N) is 1. The number of methoxy groups -OCH3 is 1. The molecule has 7 nitrogen and oxygen atoms in total. The molecule has 5 atom stereocenters. The number of carbonyl (C=O) groups is 1. The predicted octanol–water partition coefficient (Wildman–Crippen LogP) is 4.60. The summed E-state index contributed by atoms with van der Waals surface area (Å²) in [5.41, 5.74) is 2.92. The maximum Gasteiger partial charge on any atom is 0.335 e. The van der Waals surface area contributed by atoms with Crippen molar-refractivity contribution in [1.82, 2.24) is 0 Å². The summed E-state index contributed by atoms with van der Waals surface area (Å²) < 4.78 is 5.55. The van der Waals surface area contributed by atoms with E-state index in [-0.39, 0.29) is 34.1 Å². The Hall–Kier alpha value is -3.09. The number of nitro groups is 1. The van der Waals surface area contributed by atoms with Gasteiger partial charge in [0, 0.05) is 12.0 Å². The Morgan fingerprint density at radius 2 is 1.90 bits per heavy atom. The molecule has 2 aromatic carbocycles. The van der Waals surface area contributed by atoms with Gasteiger partial charge in [0.1, 0.15) is 5.75 Å². The number of nitrogens with zero attached hydrogens (tertiary/aromatic N) is 1. The van der Waals surface area contributed by atoms with Gasteiger partial charge in [-0.05, 0) is 60.8 Å². The van der Waals surface area contributed by atoms with Crippen LogP contribution in [0.5, 0.6) is 5.75 Å². The highest BCUT2D eigenvalue weighted by Gasteiger charge is 2.56. The Kier molecular flexibility index (Phi) is 4.01. The van der Waals surface area contributed by atoms with Crippen LogP contribution in [0.25, 0.3) is 0 Å². The van der Waals surface area contributed by atoms with Gasteiger partial charge in [-0.25, -0.2) is 4.79 Å². The molecule has 1 heterocycles. The first-order chi connectivity index (χ1) is 14.0. The molecule has 5 rings (SSSR count). The Bertz CT molecular complexity index is 1000. The molecule has 0 amide bonds. The van der Waals surface area contributed by atoms with Crippen molar-refractivity contribution in [3.05, 3.63) is 63.2 Å². The molecule has 2 fully saturated rings. The van der Waals surface area contributed by atoms with Crippen molar-refractivity contribution in [2.75, 3.05) is 12.4 Å². The van der Waals surface area contributed by atoms with Crippen molar-refractivity contribution in [2.24, 2.45) is 17.8 Å². The predicted molar refractivity (Wildman–Crippen MR) is 106 cm³/mol. The maximum absolute atomic E-state index is 11.8. The van der Waals surface area contributed by atoms with E-state index in [0.29, 0.717) is 23.3 Å². The largest absolute Gasteiger partial charge is 0.495 e. The lowest BCUT2D eigenvalue weighted by Crippen LogP contribution is -2.36. The lowest BCUT2D eigenvalue weighted by Gasteiger charge is -2.43.